The summed E-state index contributed by atoms with van der Waals surface area (Å²) in [6.45, 7) is 4.82. The van der Waals surface area contributed by atoms with Crippen LogP contribution in [0.25, 0.3) is 0 Å². The number of phenols is 1. The van der Waals surface area contributed by atoms with Crippen LogP contribution < -0.4 is 0 Å². The van der Waals surface area contributed by atoms with Gasteiger partial charge in [-0.2, -0.15) is 0 Å². The summed E-state index contributed by atoms with van der Waals surface area (Å²) in [5.74, 6) is -4.07. The van der Waals surface area contributed by atoms with Crippen molar-refractivity contribution in [2.24, 2.45) is 29.6 Å². The number of hydrogen-bond donors (Lipinski definition) is 1. The van der Waals surface area contributed by atoms with Crippen LogP contribution in [-0.2, 0) is 32.3 Å². The second kappa shape index (κ2) is 14.4. The second-order valence-corrected chi connectivity index (χ2v) is 16.7. The van der Waals surface area contributed by atoms with Gasteiger partial charge >= 0.3 is 0 Å². The van der Waals surface area contributed by atoms with E-state index in [-0.39, 0.29) is 41.5 Å². The van der Waals surface area contributed by atoms with E-state index in [4.69, 9.17) is 11.6 Å². The third-order valence-corrected chi connectivity index (χ3v) is 13.6. The number of fused-ring (bicyclic) bond motifs is 4. The van der Waals surface area contributed by atoms with E-state index in [9.17, 15) is 24.3 Å². The van der Waals surface area contributed by atoms with Crippen molar-refractivity contribution in [3.05, 3.63) is 112 Å². The number of amides is 4. The van der Waals surface area contributed by atoms with Gasteiger partial charge in [0.1, 0.15) is 5.75 Å². The molecule has 6 atom stereocenters. The molecule has 0 spiro atoms. The molecule has 3 aromatic rings. The van der Waals surface area contributed by atoms with E-state index in [0.29, 0.717) is 36.3 Å². The number of phenolic OH excluding ortho intramolecular Hbond substituents is 1. The molecular formula is C44H47ClN4O5. The van der Waals surface area contributed by atoms with Gasteiger partial charge in [0.25, 0.3) is 0 Å². The number of imide groups is 2. The van der Waals surface area contributed by atoms with E-state index in [1.165, 1.54) is 16.0 Å². The number of piperidine rings is 2. The van der Waals surface area contributed by atoms with Crippen LogP contribution >= 0.6 is 11.6 Å². The smallest absolute Gasteiger partial charge is 0.234 e. The maximum Gasteiger partial charge on any atom is 0.234 e. The van der Waals surface area contributed by atoms with Gasteiger partial charge in [0.2, 0.25) is 23.6 Å². The summed E-state index contributed by atoms with van der Waals surface area (Å²) in [6, 6.07) is 25.2. The van der Waals surface area contributed by atoms with Crippen molar-refractivity contribution in [2.45, 2.75) is 69.6 Å². The van der Waals surface area contributed by atoms with Gasteiger partial charge in [0.05, 0.1) is 23.7 Å². The van der Waals surface area contributed by atoms with Gasteiger partial charge in [-0.1, -0.05) is 83.9 Å². The molecule has 1 N–H and O–H groups in total. The number of halogens is 1. The van der Waals surface area contributed by atoms with Crippen molar-refractivity contribution in [3.8, 4) is 5.75 Å². The first-order valence-electron chi connectivity index (χ1n) is 19.7. The highest BCUT2D eigenvalue weighted by Crippen LogP contribution is 2.59. The van der Waals surface area contributed by atoms with Crippen LogP contribution in [0.4, 0.5) is 0 Å². The normalized spacial score (nSPS) is 29.7. The monoisotopic (exact) mass is 746 g/mol. The summed E-state index contributed by atoms with van der Waals surface area (Å²) in [6.07, 6.45) is 5.62. The van der Waals surface area contributed by atoms with E-state index in [2.05, 4.69) is 34.1 Å². The molecular weight excluding hydrogens is 700 g/mol. The van der Waals surface area contributed by atoms with Crippen molar-refractivity contribution < 1.29 is 24.3 Å². The number of nitrogens with zero attached hydrogens (tertiary/aromatic N) is 4. The zero-order valence-corrected chi connectivity index (χ0v) is 31.2. The molecule has 0 radical (unpaired) electrons. The fourth-order valence-electron chi connectivity index (χ4n) is 10.8. The van der Waals surface area contributed by atoms with Gasteiger partial charge < -0.3 is 5.11 Å². The fourth-order valence-corrected chi connectivity index (χ4v) is 11.0. The number of benzene rings is 3. The fraction of sp³-hybridized carbons (Fsp3) is 0.455. The molecule has 9 rings (SSSR count). The minimum atomic E-state index is -0.708. The average Bonchev–Trinajstić information content (AvgIpc) is 3.60. The molecule has 9 nitrogen and oxygen atoms in total. The highest BCUT2D eigenvalue weighted by atomic mass is 35.5. The molecule has 4 amide bonds. The summed E-state index contributed by atoms with van der Waals surface area (Å²) < 4.78 is 0. The number of carbonyl (C=O) groups is 4. The highest BCUT2D eigenvalue weighted by Gasteiger charge is 2.63. The lowest BCUT2D eigenvalue weighted by atomic mass is 9.57. The van der Waals surface area contributed by atoms with Crippen molar-refractivity contribution >= 4 is 35.2 Å². The first-order chi connectivity index (χ1) is 26.3. The first-order valence-corrected chi connectivity index (χ1v) is 20.1. The Hall–Kier alpha value is -4.31. The van der Waals surface area contributed by atoms with Crippen LogP contribution in [0, 0.1) is 29.6 Å². The highest BCUT2D eigenvalue weighted by molar-refractivity contribution is 6.30. The predicted octanol–water partition coefficient (Wildman–Crippen LogP) is 6.01. The second-order valence-electron chi connectivity index (χ2n) is 16.3. The molecule has 280 valence electrons. The topological polar surface area (TPSA) is 101 Å². The Morgan fingerprint density at radius 1 is 0.611 bits per heavy atom. The molecule has 1 saturated carbocycles. The number of aromatic hydroxyl groups is 1. The van der Waals surface area contributed by atoms with Crippen LogP contribution in [0.15, 0.2) is 90.5 Å². The molecule has 10 heteroatoms. The van der Waals surface area contributed by atoms with Gasteiger partial charge in [0.15, 0.2) is 0 Å². The average molecular weight is 747 g/mol. The number of likely N-dealkylation sites (tertiary alicyclic amines) is 4. The van der Waals surface area contributed by atoms with Crippen LogP contribution in [-0.4, -0.2) is 86.6 Å². The third kappa shape index (κ3) is 6.18. The maximum atomic E-state index is 14.6. The van der Waals surface area contributed by atoms with Gasteiger partial charge in [-0.05, 0) is 73.8 Å². The molecule has 4 heterocycles. The molecule has 4 aliphatic heterocycles. The SMILES string of the molecule is O=C1[C@H]2[C@H](CC=C3[C@H]2C[C@H]2C(=O)N(C4CCN(Cc5ccccc5)CC4)C(=O)[C@H]2[C@H]3c2cc(Cl)ccc2O)C(=O)N1C1CCN(Cc2ccccc2)CC1. The molecule has 4 saturated heterocycles. The maximum absolute atomic E-state index is 14.6. The van der Waals surface area contributed by atoms with E-state index in [0.717, 1.165) is 57.7 Å². The van der Waals surface area contributed by atoms with Crippen LogP contribution in [0.3, 0.4) is 0 Å². The molecule has 0 bridgehead atoms. The van der Waals surface area contributed by atoms with Crippen LogP contribution in [0.2, 0.25) is 5.02 Å². The summed E-state index contributed by atoms with van der Waals surface area (Å²) in [5, 5.41) is 11.7. The largest absolute Gasteiger partial charge is 0.508 e. The Morgan fingerprint density at radius 2 is 1.13 bits per heavy atom. The third-order valence-electron chi connectivity index (χ3n) is 13.4. The Balaban J connectivity index is 0.969. The first kappa shape index (κ1) is 35.4. The summed E-state index contributed by atoms with van der Waals surface area (Å²) >= 11 is 6.53. The zero-order chi connectivity index (χ0) is 37.1. The van der Waals surface area contributed by atoms with Crippen molar-refractivity contribution in [1.29, 1.82) is 0 Å². The Bertz CT molecular complexity index is 1970. The van der Waals surface area contributed by atoms with E-state index in [1.54, 1.807) is 23.1 Å². The standard InChI is InChI=1S/C44H47ClN4O5/c45-29-11-14-37(50)35(23-29)38-32-12-13-33-39(43(53)48(41(33)51)30-15-19-46(20-16-30)25-27-7-3-1-4-8-27)34(32)24-36-40(38)44(54)49(42(36)52)31-17-21-47(22-18-31)26-28-9-5-2-6-10-28/h1-12,14,23,30-31,33-34,36,38-40,50H,13,15-22,24-26H2/t33-,34+,36+,38+,39-,40+/m0/s1. The van der Waals surface area contributed by atoms with Gasteiger partial charge in [-0.3, -0.25) is 38.8 Å². The number of carbonyl (C=O) groups excluding carboxylic acids is 4. The lowest BCUT2D eigenvalue weighted by molar-refractivity contribution is -0.146. The van der Waals surface area contributed by atoms with Gasteiger partial charge in [0, 0.05) is 67.9 Å². The van der Waals surface area contributed by atoms with Crippen LogP contribution in [0.1, 0.15) is 61.1 Å². The molecule has 6 aliphatic rings. The van der Waals surface area contributed by atoms with Crippen LogP contribution in [0.5, 0.6) is 5.75 Å². The van der Waals surface area contributed by atoms with Gasteiger partial charge in [-0.15, -0.1) is 0 Å². The zero-order valence-electron chi connectivity index (χ0n) is 30.4. The van der Waals surface area contributed by atoms with E-state index >= 15 is 0 Å². The van der Waals surface area contributed by atoms with Gasteiger partial charge in [-0.25, -0.2) is 0 Å². The summed E-state index contributed by atoms with van der Waals surface area (Å²) in [4.78, 5) is 65.8. The molecule has 54 heavy (non-hydrogen) atoms. The number of allylic oxidation sites excluding steroid dienone is 2. The van der Waals surface area contributed by atoms with Crippen molar-refractivity contribution in [1.82, 2.24) is 19.6 Å². The molecule has 0 aromatic heterocycles. The Labute approximate surface area is 321 Å². The summed E-state index contributed by atoms with van der Waals surface area (Å²) in [7, 11) is 0. The molecule has 5 fully saturated rings. The lowest BCUT2D eigenvalue weighted by Gasteiger charge is -2.44. The Kier molecular flexibility index (Phi) is 9.44. The van der Waals surface area contributed by atoms with E-state index in [1.807, 2.05) is 42.5 Å². The molecule has 0 unspecified atom stereocenters. The molecule has 3 aromatic carbocycles. The number of rotatable bonds is 7. The predicted molar refractivity (Wildman–Crippen MR) is 204 cm³/mol. The quantitative estimate of drug-likeness (QED) is 0.234. The van der Waals surface area contributed by atoms with Crippen molar-refractivity contribution in [2.75, 3.05) is 26.2 Å². The van der Waals surface area contributed by atoms with E-state index < -0.39 is 35.5 Å². The molecule has 2 aliphatic carbocycles. The lowest BCUT2D eigenvalue weighted by Crippen LogP contribution is -2.48. The Morgan fingerprint density at radius 3 is 1.69 bits per heavy atom. The number of hydrogen-bond acceptors (Lipinski definition) is 7. The minimum Gasteiger partial charge on any atom is -0.508 e. The summed E-state index contributed by atoms with van der Waals surface area (Å²) in [5.41, 5.74) is 3.88. The minimum absolute atomic E-state index is 0.0115. The van der Waals surface area contributed by atoms with Crippen molar-refractivity contribution in [3.63, 3.8) is 0 Å².